The lowest BCUT2D eigenvalue weighted by Gasteiger charge is -2.08. The van der Waals surface area contributed by atoms with E-state index in [0.717, 1.165) is 10.6 Å². The van der Waals surface area contributed by atoms with E-state index in [2.05, 4.69) is 24.9 Å². The molecule has 13 heavy (non-hydrogen) atoms. The molecule has 72 valence electrons. The Kier molecular flexibility index (Phi) is 3.75. The second kappa shape index (κ2) is 4.63. The van der Waals surface area contributed by atoms with Crippen LogP contribution in [0.3, 0.4) is 0 Å². The number of thioether (sulfide) groups is 1. The third-order valence-electron chi connectivity index (χ3n) is 1.64. The number of nitrogens with zero attached hydrogens (tertiary/aromatic N) is 1. The first-order valence-electron chi connectivity index (χ1n) is 4.48. The summed E-state index contributed by atoms with van der Waals surface area (Å²) in [5.74, 6) is 0. The average molecular weight is 196 g/mol. The van der Waals surface area contributed by atoms with Crippen LogP contribution in [-0.4, -0.2) is 10.2 Å². The maximum atomic E-state index is 5.78. The summed E-state index contributed by atoms with van der Waals surface area (Å²) in [4.78, 5) is 4.27. The Morgan fingerprint density at radius 2 is 2.08 bits per heavy atom. The van der Waals surface area contributed by atoms with Crippen LogP contribution in [0.5, 0.6) is 0 Å². The molecular formula is C10H16N2S. The van der Waals surface area contributed by atoms with Gasteiger partial charge in [-0.25, -0.2) is 4.98 Å². The number of pyridine rings is 1. The molecule has 0 aromatic carbocycles. The van der Waals surface area contributed by atoms with E-state index in [1.54, 1.807) is 11.8 Å². The normalized spacial score (nSPS) is 13.3. The molecule has 0 unspecified atom stereocenters. The van der Waals surface area contributed by atoms with Gasteiger partial charge in [-0.2, -0.15) is 0 Å². The van der Waals surface area contributed by atoms with Crippen LogP contribution in [-0.2, 0) is 0 Å². The minimum absolute atomic E-state index is 0.0921. The lowest BCUT2D eigenvalue weighted by molar-refractivity contribution is 0.808. The summed E-state index contributed by atoms with van der Waals surface area (Å²) in [7, 11) is 0. The summed E-state index contributed by atoms with van der Waals surface area (Å²) in [5.41, 5.74) is 6.93. The molecule has 3 heteroatoms. The summed E-state index contributed by atoms with van der Waals surface area (Å²) in [6, 6.07) is 4.12. The second-order valence-electron chi connectivity index (χ2n) is 3.38. The molecule has 0 aliphatic carbocycles. The van der Waals surface area contributed by atoms with Gasteiger partial charge in [-0.05, 0) is 24.6 Å². The number of hydrogen-bond acceptors (Lipinski definition) is 3. The van der Waals surface area contributed by atoms with Gasteiger partial charge in [0.2, 0.25) is 0 Å². The van der Waals surface area contributed by atoms with Gasteiger partial charge in [0.15, 0.2) is 0 Å². The Morgan fingerprint density at radius 1 is 1.38 bits per heavy atom. The van der Waals surface area contributed by atoms with E-state index < -0.39 is 0 Å². The van der Waals surface area contributed by atoms with E-state index in [9.17, 15) is 0 Å². The van der Waals surface area contributed by atoms with Crippen LogP contribution in [0.25, 0.3) is 0 Å². The molecule has 1 aromatic rings. The van der Waals surface area contributed by atoms with E-state index in [1.165, 1.54) is 0 Å². The molecule has 2 N–H and O–H groups in total. The molecule has 0 bridgehead atoms. The topological polar surface area (TPSA) is 38.9 Å². The van der Waals surface area contributed by atoms with Crippen LogP contribution in [0.4, 0.5) is 0 Å². The molecule has 0 aliphatic heterocycles. The van der Waals surface area contributed by atoms with Crippen molar-refractivity contribution in [2.24, 2.45) is 5.73 Å². The van der Waals surface area contributed by atoms with Crippen LogP contribution >= 0.6 is 11.8 Å². The predicted molar refractivity (Wildman–Crippen MR) is 57.8 cm³/mol. The third kappa shape index (κ3) is 3.36. The summed E-state index contributed by atoms with van der Waals surface area (Å²) in [6.45, 7) is 6.30. The molecule has 1 heterocycles. The zero-order chi connectivity index (χ0) is 9.84. The molecular weight excluding hydrogens is 180 g/mol. The fourth-order valence-electron chi connectivity index (χ4n) is 1.01. The van der Waals surface area contributed by atoms with Crippen LogP contribution in [0.15, 0.2) is 23.4 Å². The highest BCUT2D eigenvalue weighted by Crippen LogP contribution is 2.22. The molecule has 0 radical (unpaired) electrons. The van der Waals surface area contributed by atoms with Crippen molar-refractivity contribution >= 4 is 11.8 Å². The zero-order valence-electron chi connectivity index (χ0n) is 8.32. The van der Waals surface area contributed by atoms with Crippen LogP contribution in [0, 0.1) is 0 Å². The van der Waals surface area contributed by atoms with Gasteiger partial charge in [0.25, 0.3) is 0 Å². The number of aromatic nitrogens is 1. The van der Waals surface area contributed by atoms with Gasteiger partial charge in [-0.15, -0.1) is 11.8 Å². The van der Waals surface area contributed by atoms with Gasteiger partial charge in [0.05, 0.1) is 5.03 Å². The molecule has 1 atom stereocenters. The predicted octanol–water partition coefficient (Wildman–Crippen LogP) is 2.60. The fraction of sp³-hybridized carbons (Fsp3) is 0.500. The molecule has 0 fully saturated rings. The number of nitrogens with two attached hydrogens (primary N) is 1. The lowest BCUT2D eigenvalue weighted by atomic mass is 10.1. The molecule has 0 saturated carbocycles. The highest BCUT2D eigenvalue weighted by molar-refractivity contribution is 7.99. The maximum Gasteiger partial charge on any atom is 0.0965 e. The first kappa shape index (κ1) is 10.5. The van der Waals surface area contributed by atoms with Crippen LogP contribution < -0.4 is 5.73 Å². The maximum absolute atomic E-state index is 5.78. The quantitative estimate of drug-likeness (QED) is 0.755. The Hall–Kier alpha value is -0.540. The van der Waals surface area contributed by atoms with E-state index in [4.69, 9.17) is 5.73 Å². The van der Waals surface area contributed by atoms with Crippen LogP contribution in [0.1, 0.15) is 32.4 Å². The zero-order valence-corrected chi connectivity index (χ0v) is 9.14. The highest BCUT2D eigenvalue weighted by Gasteiger charge is 2.03. The Labute approximate surface area is 83.9 Å². The monoisotopic (exact) mass is 196 g/mol. The van der Waals surface area contributed by atoms with Gasteiger partial charge in [0, 0.05) is 17.5 Å². The first-order valence-corrected chi connectivity index (χ1v) is 5.35. The average Bonchev–Trinajstić information content (AvgIpc) is 2.03. The highest BCUT2D eigenvalue weighted by atomic mass is 32.2. The van der Waals surface area contributed by atoms with Crippen molar-refractivity contribution in [2.45, 2.75) is 37.1 Å². The molecule has 2 nitrogen and oxygen atoms in total. The molecule has 1 aromatic heterocycles. The summed E-state index contributed by atoms with van der Waals surface area (Å²) < 4.78 is 0. The van der Waals surface area contributed by atoms with Gasteiger partial charge < -0.3 is 5.73 Å². The van der Waals surface area contributed by atoms with Gasteiger partial charge in [0.1, 0.15) is 0 Å². The SMILES string of the molecule is CC(C)Sc1cc([C@H](C)N)ccn1. The van der Waals surface area contributed by atoms with Crippen molar-refractivity contribution in [2.75, 3.05) is 0 Å². The Balaban J connectivity index is 2.79. The van der Waals surface area contributed by atoms with E-state index in [0.29, 0.717) is 5.25 Å². The number of hydrogen-bond donors (Lipinski definition) is 1. The molecule has 0 amide bonds. The van der Waals surface area contributed by atoms with E-state index in [-0.39, 0.29) is 6.04 Å². The molecule has 0 saturated heterocycles. The molecule has 1 rings (SSSR count). The summed E-state index contributed by atoms with van der Waals surface area (Å²) in [5, 5.41) is 1.63. The smallest absolute Gasteiger partial charge is 0.0965 e. The van der Waals surface area contributed by atoms with E-state index in [1.807, 2.05) is 19.2 Å². The standard InChI is InChI=1S/C10H16N2S/c1-7(2)13-10-6-9(8(3)11)4-5-12-10/h4-8H,11H2,1-3H3/t8-/m0/s1. The Bertz CT molecular complexity index is 271. The van der Waals surface area contributed by atoms with Crippen molar-refractivity contribution in [3.8, 4) is 0 Å². The fourth-order valence-corrected chi connectivity index (χ4v) is 1.82. The van der Waals surface area contributed by atoms with E-state index >= 15 is 0 Å². The Morgan fingerprint density at radius 3 is 2.62 bits per heavy atom. The molecule has 0 aliphatic rings. The summed E-state index contributed by atoms with van der Waals surface area (Å²) in [6.07, 6.45) is 1.82. The minimum Gasteiger partial charge on any atom is -0.324 e. The largest absolute Gasteiger partial charge is 0.324 e. The van der Waals surface area contributed by atoms with Crippen molar-refractivity contribution in [3.05, 3.63) is 23.9 Å². The van der Waals surface area contributed by atoms with Crippen LogP contribution in [0.2, 0.25) is 0 Å². The van der Waals surface area contributed by atoms with Gasteiger partial charge in [-0.1, -0.05) is 13.8 Å². The number of rotatable bonds is 3. The van der Waals surface area contributed by atoms with Crippen molar-refractivity contribution in [1.29, 1.82) is 0 Å². The van der Waals surface area contributed by atoms with Crippen molar-refractivity contribution in [1.82, 2.24) is 4.98 Å². The van der Waals surface area contributed by atoms with Crippen molar-refractivity contribution in [3.63, 3.8) is 0 Å². The second-order valence-corrected chi connectivity index (χ2v) is 4.98. The van der Waals surface area contributed by atoms with Gasteiger partial charge in [-0.3, -0.25) is 0 Å². The third-order valence-corrected chi connectivity index (χ3v) is 2.58. The summed E-state index contributed by atoms with van der Waals surface area (Å²) >= 11 is 1.76. The van der Waals surface area contributed by atoms with Crippen molar-refractivity contribution < 1.29 is 0 Å². The minimum atomic E-state index is 0.0921. The molecule has 0 spiro atoms. The van der Waals surface area contributed by atoms with Gasteiger partial charge >= 0.3 is 0 Å². The first-order chi connectivity index (χ1) is 6.09. The lowest BCUT2D eigenvalue weighted by Crippen LogP contribution is -2.05.